The normalized spacial score (nSPS) is 9.30. The molecule has 0 spiro atoms. The van der Waals surface area contributed by atoms with E-state index in [0.29, 0.717) is 0 Å². The second-order valence-electron chi connectivity index (χ2n) is 2.00. The Kier molecular flexibility index (Phi) is 8.79. The zero-order chi connectivity index (χ0) is 7.66. The molecule has 1 nitrogen and oxygen atoms in total. The van der Waals surface area contributed by atoms with Crippen molar-refractivity contribution in [1.29, 1.82) is 0 Å². The standard InChI is InChI=1S/C8H16OS/c1-3-5-7-10-8-6-9-4-2/h4H,2-3,5-8H2,1H3. The number of thioether (sulfide) groups is 1. The Morgan fingerprint density at radius 1 is 1.50 bits per heavy atom. The van der Waals surface area contributed by atoms with Crippen LogP contribution in [-0.2, 0) is 4.74 Å². The third kappa shape index (κ3) is 7.89. The van der Waals surface area contributed by atoms with Crippen LogP contribution in [0.2, 0.25) is 0 Å². The fraction of sp³-hybridized carbons (Fsp3) is 0.750. The van der Waals surface area contributed by atoms with E-state index in [4.69, 9.17) is 4.74 Å². The minimum atomic E-state index is 0.803. The molecule has 0 aliphatic rings. The van der Waals surface area contributed by atoms with Gasteiger partial charge in [0, 0.05) is 5.75 Å². The van der Waals surface area contributed by atoms with Gasteiger partial charge in [-0.25, -0.2) is 0 Å². The van der Waals surface area contributed by atoms with Gasteiger partial charge >= 0.3 is 0 Å². The van der Waals surface area contributed by atoms with E-state index in [1.807, 2.05) is 11.8 Å². The largest absolute Gasteiger partial charge is 0.501 e. The van der Waals surface area contributed by atoms with Gasteiger partial charge in [0.15, 0.2) is 0 Å². The molecule has 0 heterocycles. The van der Waals surface area contributed by atoms with Crippen LogP contribution < -0.4 is 0 Å². The molecule has 0 atom stereocenters. The van der Waals surface area contributed by atoms with Crippen LogP contribution in [0.25, 0.3) is 0 Å². The molecule has 0 aliphatic carbocycles. The van der Waals surface area contributed by atoms with Gasteiger partial charge < -0.3 is 4.74 Å². The van der Waals surface area contributed by atoms with Crippen molar-refractivity contribution < 1.29 is 4.74 Å². The molecule has 60 valence electrons. The zero-order valence-corrected chi connectivity index (χ0v) is 7.45. The van der Waals surface area contributed by atoms with Crippen LogP contribution in [-0.4, -0.2) is 18.1 Å². The van der Waals surface area contributed by atoms with Gasteiger partial charge in [-0.15, -0.1) is 0 Å². The van der Waals surface area contributed by atoms with Gasteiger partial charge in [0.1, 0.15) is 0 Å². The summed E-state index contributed by atoms with van der Waals surface area (Å²) in [7, 11) is 0. The Hall–Kier alpha value is -0.110. The molecule has 0 rings (SSSR count). The Labute approximate surface area is 67.8 Å². The SMILES string of the molecule is C=COCCSCCCC. The molecular weight excluding hydrogens is 144 g/mol. The lowest BCUT2D eigenvalue weighted by molar-refractivity contribution is 0.274. The van der Waals surface area contributed by atoms with Crippen molar-refractivity contribution >= 4 is 11.8 Å². The highest BCUT2D eigenvalue weighted by molar-refractivity contribution is 7.99. The number of rotatable bonds is 7. The summed E-state index contributed by atoms with van der Waals surface area (Å²) >= 11 is 1.94. The third-order valence-corrected chi connectivity index (χ3v) is 2.14. The lowest BCUT2D eigenvalue weighted by Gasteiger charge is -1.99. The molecule has 0 saturated heterocycles. The van der Waals surface area contributed by atoms with E-state index in [9.17, 15) is 0 Å². The van der Waals surface area contributed by atoms with Gasteiger partial charge in [0.05, 0.1) is 12.9 Å². The van der Waals surface area contributed by atoms with E-state index < -0.39 is 0 Å². The van der Waals surface area contributed by atoms with Crippen LogP contribution in [0.5, 0.6) is 0 Å². The molecule has 0 bridgehead atoms. The number of ether oxygens (including phenoxy) is 1. The first-order valence-corrected chi connectivity index (χ1v) is 4.87. The number of unbranched alkanes of at least 4 members (excludes halogenated alkanes) is 1. The molecule has 0 N–H and O–H groups in total. The van der Waals surface area contributed by atoms with Gasteiger partial charge in [0.25, 0.3) is 0 Å². The van der Waals surface area contributed by atoms with Crippen molar-refractivity contribution in [3.05, 3.63) is 12.8 Å². The molecule has 0 fully saturated rings. The van der Waals surface area contributed by atoms with Crippen LogP contribution in [0.1, 0.15) is 19.8 Å². The van der Waals surface area contributed by atoms with Gasteiger partial charge in [-0.3, -0.25) is 0 Å². The highest BCUT2D eigenvalue weighted by Crippen LogP contribution is 2.03. The van der Waals surface area contributed by atoms with Gasteiger partial charge in [-0.1, -0.05) is 19.9 Å². The molecule has 0 saturated carbocycles. The number of hydrogen-bond donors (Lipinski definition) is 0. The van der Waals surface area contributed by atoms with Crippen molar-refractivity contribution in [3.63, 3.8) is 0 Å². The molecule has 0 aromatic heterocycles. The lowest BCUT2D eigenvalue weighted by Crippen LogP contribution is -1.91. The summed E-state index contributed by atoms with van der Waals surface area (Å²) in [5.41, 5.74) is 0. The Morgan fingerprint density at radius 2 is 2.30 bits per heavy atom. The van der Waals surface area contributed by atoms with E-state index in [0.717, 1.165) is 12.4 Å². The first-order chi connectivity index (χ1) is 4.91. The van der Waals surface area contributed by atoms with Crippen LogP contribution in [0.3, 0.4) is 0 Å². The van der Waals surface area contributed by atoms with E-state index in [2.05, 4.69) is 13.5 Å². The summed E-state index contributed by atoms with van der Waals surface area (Å²) < 4.78 is 4.96. The van der Waals surface area contributed by atoms with Crippen LogP contribution in [0, 0.1) is 0 Å². The molecule has 0 aromatic rings. The molecule has 10 heavy (non-hydrogen) atoms. The predicted molar refractivity (Wildman–Crippen MR) is 48.4 cm³/mol. The summed E-state index contributed by atoms with van der Waals surface area (Å²) in [6.07, 6.45) is 4.11. The average molecular weight is 160 g/mol. The maximum atomic E-state index is 4.96. The molecule has 0 amide bonds. The molecule has 0 unspecified atom stereocenters. The molecule has 0 aromatic carbocycles. The van der Waals surface area contributed by atoms with Crippen LogP contribution >= 0.6 is 11.8 Å². The molecular formula is C8H16OS. The zero-order valence-electron chi connectivity index (χ0n) is 6.64. The van der Waals surface area contributed by atoms with Crippen molar-refractivity contribution in [2.75, 3.05) is 18.1 Å². The fourth-order valence-corrected chi connectivity index (χ4v) is 1.45. The van der Waals surface area contributed by atoms with E-state index in [1.165, 1.54) is 24.9 Å². The highest BCUT2D eigenvalue weighted by atomic mass is 32.2. The first kappa shape index (κ1) is 9.89. The van der Waals surface area contributed by atoms with E-state index in [1.54, 1.807) is 0 Å². The van der Waals surface area contributed by atoms with E-state index >= 15 is 0 Å². The fourth-order valence-electron chi connectivity index (χ4n) is 0.539. The Bertz CT molecular complexity index is 73.7. The highest BCUT2D eigenvalue weighted by Gasteiger charge is 1.86. The predicted octanol–water partition coefficient (Wildman–Crippen LogP) is 2.68. The molecule has 0 radical (unpaired) electrons. The Balaban J connectivity index is 2.70. The van der Waals surface area contributed by atoms with Crippen molar-refractivity contribution in [2.24, 2.45) is 0 Å². The first-order valence-electron chi connectivity index (χ1n) is 3.72. The maximum absolute atomic E-state index is 4.96. The molecule has 0 aliphatic heterocycles. The smallest absolute Gasteiger partial charge is 0.0963 e. The Morgan fingerprint density at radius 3 is 2.90 bits per heavy atom. The minimum absolute atomic E-state index is 0.803. The third-order valence-electron chi connectivity index (χ3n) is 1.11. The monoisotopic (exact) mass is 160 g/mol. The average Bonchev–Trinajstić information content (AvgIpc) is 1.97. The summed E-state index contributed by atoms with van der Waals surface area (Å²) in [4.78, 5) is 0. The van der Waals surface area contributed by atoms with Crippen molar-refractivity contribution in [1.82, 2.24) is 0 Å². The molecule has 2 heteroatoms. The van der Waals surface area contributed by atoms with Crippen molar-refractivity contribution in [2.45, 2.75) is 19.8 Å². The lowest BCUT2D eigenvalue weighted by atomic mass is 10.4. The van der Waals surface area contributed by atoms with Gasteiger partial charge in [-0.05, 0) is 12.2 Å². The second kappa shape index (κ2) is 8.89. The van der Waals surface area contributed by atoms with Crippen LogP contribution in [0.15, 0.2) is 12.8 Å². The maximum Gasteiger partial charge on any atom is 0.0963 e. The minimum Gasteiger partial charge on any atom is -0.501 e. The van der Waals surface area contributed by atoms with Gasteiger partial charge in [0.2, 0.25) is 0 Å². The number of hydrogen-bond acceptors (Lipinski definition) is 2. The second-order valence-corrected chi connectivity index (χ2v) is 3.23. The summed E-state index contributed by atoms with van der Waals surface area (Å²) in [6.45, 7) is 6.48. The topological polar surface area (TPSA) is 9.23 Å². The summed E-state index contributed by atoms with van der Waals surface area (Å²) in [5, 5.41) is 0. The van der Waals surface area contributed by atoms with Gasteiger partial charge in [-0.2, -0.15) is 11.8 Å². The summed E-state index contributed by atoms with van der Waals surface area (Å²) in [6, 6.07) is 0. The van der Waals surface area contributed by atoms with E-state index in [-0.39, 0.29) is 0 Å². The van der Waals surface area contributed by atoms with Crippen molar-refractivity contribution in [3.8, 4) is 0 Å². The van der Waals surface area contributed by atoms with Crippen LogP contribution in [0.4, 0.5) is 0 Å². The quantitative estimate of drug-likeness (QED) is 0.418. The summed E-state index contributed by atoms with van der Waals surface area (Å²) in [5.74, 6) is 2.35.